The van der Waals surface area contributed by atoms with Crippen molar-refractivity contribution in [3.63, 3.8) is 0 Å². The highest BCUT2D eigenvalue weighted by Gasteiger charge is 2.21. The molecule has 238 valence electrons. The molecule has 0 aliphatic heterocycles. The van der Waals surface area contributed by atoms with Gasteiger partial charge < -0.3 is 9.84 Å². The van der Waals surface area contributed by atoms with E-state index in [9.17, 15) is 14.7 Å². The van der Waals surface area contributed by atoms with Gasteiger partial charge >= 0.3 is 11.9 Å². The van der Waals surface area contributed by atoms with Crippen molar-refractivity contribution in [1.82, 2.24) is 0 Å². The van der Waals surface area contributed by atoms with Gasteiger partial charge in [0.2, 0.25) is 0 Å². The maximum atomic E-state index is 12.1. The number of unbranched alkanes of at least 4 members (excludes halogenated alkanes) is 27. The lowest BCUT2D eigenvalue weighted by molar-refractivity contribution is -0.164. The maximum Gasteiger partial charge on any atom is 0.345 e. The monoisotopic (exact) mass is 567 g/mol. The maximum absolute atomic E-state index is 12.1. The third-order valence-corrected chi connectivity index (χ3v) is 8.35. The highest BCUT2D eigenvalue weighted by atomic mass is 16.6. The second-order valence-corrected chi connectivity index (χ2v) is 12.4. The number of ether oxygens (including phenoxy) is 1. The topological polar surface area (TPSA) is 63.6 Å². The molecule has 0 saturated heterocycles. The predicted molar refractivity (Wildman–Crippen MR) is 172 cm³/mol. The Bertz CT molecular complexity index is 533. The van der Waals surface area contributed by atoms with Gasteiger partial charge in [-0.05, 0) is 19.3 Å². The van der Waals surface area contributed by atoms with E-state index in [1.54, 1.807) is 0 Å². The van der Waals surface area contributed by atoms with Crippen LogP contribution in [0.25, 0.3) is 0 Å². The standard InChI is InChI=1S/C36H70O4/c1-3-5-7-9-11-13-15-17-18-19-20-21-22-24-26-28-30-32-34(36(38)39)40-35(37)33-31-29-27-25-23-16-14-12-10-8-6-4-2/h34H,3-33H2,1-2H3,(H,38,39). The molecule has 0 aliphatic rings. The van der Waals surface area contributed by atoms with E-state index in [2.05, 4.69) is 13.8 Å². The summed E-state index contributed by atoms with van der Waals surface area (Å²) in [6, 6.07) is 0. The first-order valence-corrected chi connectivity index (χ1v) is 18.0. The Labute approximate surface area is 250 Å². The molecule has 4 nitrogen and oxygen atoms in total. The molecule has 40 heavy (non-hydrogen) atoms. The summed E-state index contributed by atoms with van der Waals surface area (Å²) in [4.78, 5) is 23.7. The van der Waals surface area contributed by atoms with Crippen LogP contribution in [0.1, 0.15) is 213 Å². The second-order valence-electron chi connectivity index (χ2n) is 12.4. The van der Waals surface area contributed by atoms with Crippen molar-refractivity contribution in [2.24, 2.45) is 0 Å². The van der Waals surface area contributed by atoms with Crippen LogP contribution >= 0.6 is 0 Å². The Morgan fingerprint density at radius 2 is 0.725 bits per heavy atom. The van der Waals surface area contributed by atoms with Crippen LogP contribution in [0.4, 0.5) is 0 Å². The number of hydrogen-bond donors (Lipinski definition) is 1. The molecule has 0 aromatic heterocycles. The summed E-state index contributed by atoms with van der Waals surface area (Å²) < 4.78 is 5.30. The van der Waals surface area contributed by atoms with Crippen molar-refractivity contribution in [3.05, 3.63) is 0 Å². The van der Waals surface area contributed by atoms with E-state index in [-0.39, 0.29) is 5.97 Å². The van der Waals surface area contributed by atoms with Gasteiger partial charge in [0.25, 0.3) is 0 Å². The largest absolute Gasteiger partial charge is 0.479 e. The molecule has 1 unspecified atom stereocenters. The highest BCUT2D eigenvalue weighted by molar-refractivity contribution is 5.77. The fourth-order valence-corrected chi connectivity index (χ4v) is 5.62. The van der Waals surface area contributed by atoms with Gasteiger partial charge in [0, 0.05) is 6.42 Å². The van der Waals surface area contributed by atoms with Crippen molar-refractivity contribution >= 4 is 11.9 Å². The Balaban J connectivity index is 3.51. The Morgan fingerprint density at radius 3 is 1.02 bits per heavy atom. The number of aliphatic carboxylic acids is 1. The first-order chi connectivity index (χ1) is 19.6. The van der Waals surface area contributed by atoms with E-state index < -0.39 is 12.1 Å². The average Bonchev–Trinajstić information content (AvgIpc) is 2.94. The smallest absolute Gasteiger partial charge is 0.345 e. The van der Waals surface area contributed by atoms with E-state index in [1.807, 2.05) is 0 Å². The lowest BCUT2D eigenvalue weighted by Crippen LogP contribution is -2.27. The number of carbonyl (C=O) groups excluding carboxylic acids is 1. The lowest BCUT2D eigenvalue weighted by Gasteiger charge is -2.13. The fourth-order valence-electron chi connectivity index (χ4n) is 5.62. The van der Waals surface area contributed by atoms with Crippen molar-refractivity contribution in [2.75, 3.05) is 0 Å². The van der Waals surface area contributed by atoms with Crippen molar-refractivity contribution in [1.29, 1.82) is 0 Å². The lowest BCUT2D eigenvalue weighted by atomic mass is 10.0. The summed E-state index contributed by atoms with van der Waals surface area (Å²) in [6.07, 6.45) is 37.0. The van der Waals surface area contributed by atoms with Gasteiger partial charge in [-0.2, -0.15) is 0 Å². The quantitative estimate of drug-likeness (QED) is 0.0633. The minimum atomic E-state index is -1.00. The van der Waals surface area contributed by atoms with Crippen LogP contribution in [0.15, 0.2) is 0 Å². The van der Waals surface area contributed by atoms with Crippen LogP contribution in [0.2, 0.25) is 0 Å². The van der Waals surface area contributed by atoms with E-state index in [1.165, 1.54) is 148 Å². The molecular formula is C36H70O4. The molecular weight excluding hydrogens is 496 g/mol. The molecule has 0 spiro atoms. The van der Waals surface area contributed by atoms with Gasteiger partial charge in [-0.25, -0.2) is 4.79 Å². The molecule has 0 radical (unpaired) electrons. The van der Waals surface area contributed by atoms with Crippen LogP contribution in [0.5, 0.6) is 0 Å². The summed E-state index contributed by atoms with van der Waals surface area (Å²) >= 11 is 0. The number of carboxylic acid groups (broad SMARTS) is 1. The molecule has 0 aromatic carbocycles. The molecule has 1 atom stereocenters. The van der Waals surface area contributed by atoms with Crippen molar-refractivity contribution < 1.29 is 19.4 Å². The highest BCUT2D eigenvalue weighted by Crippen LogP contribution is 2.16. The number of carboxylic acids is 1. The molecule has 4 heteroatoms. The van der Waals surface area contributed by atoms with Crippen LogP contribution in [0.3, 0.4) is 0 Å². The third-order valence-electron chi connectivity index (χ3n) is 8.35. The van der Waals surface area contributed by atoms with E-state index in [0.29, 0.717) is 12.8 Å². The van der Waals surface area contributed by atoms with Crippen LogP contribution in [-0.4, -0.2) is 23.1 Å². The zero-order chi connectivity index (χ0) is 29.4. The molecule has 0 saturated carbocycles. The van der Waals surface area contributed by atoms with Crippen LogP contribution in [0, 0.1) is 0 Å². The number of carbonyl (C=O) groups is 2. The zero-order valence-electron chi connectivity index (χ0n) is 27.2. The fraction of sp³-hybridized carbons (Fsp3) is 0.944. The first kappa shape index (κ1) is 38.9. The molecule has 0 amide bonds. The van der Waals surface area contributed by atoms with Gasteiger partial charge in [-0.3, -0.25) is 4.79 Å². The Hall–Kier alpha value is -1.06. The van der Waals surface area contributed by atoms with Crippen molar-refractivity contribution in [2.45, 2.75) is 219 Å². The summed E-state index contributed by atoms with van der Waals surface area (Å²) in [5.74, 6) is -1.34. The number of rotatable bonds is 33. The third kappa shape index (κ3) is 29.9. The van der Waals surface area contributed by atoms with Gasteiger partial charge in [-0.1, -0.05) is 187 Å². The number of esters is 1. The average molecular weight is 567 g/mol. The Kier molecular flexibility index (Phi) is 31.6. The SMILES string of the molecule is CCCCCCCCCCCCCCCCCCCC(OC(=O)CCCCCCCCCCCCCC)C(=O)O. The van der Waals surface area contributed by atoms with Gasteiger partial charge in [0.15, 0.2) is 6.10 Å². The summed E-state index contributed by atoms with van der Waals surface area (Å²) in [5.41, 5.74) is 0. The van der Waals surface area contributed by atoms with Gasteiger partial charge in [0.05, 0.1) is 0 Å². The van der Waals surface area contributed by atoms with Gasteiger partial charge in [-0.15, -0.1) is 0 Å². The summed E-state index contributed by atoms with van der Waals surface area (Å²) in [7, 11) is 0. The number of hydrogen-bond acceptors (Lipinski definition) is 3. The zero-order valence-corrected chi connectivity index (χ0v) is 27.2. The van der Waals surface area contributed by atoms with E-state index >= 15 is 0 Å². The van der Waals surface area contributed by atoms with Gasteiger partial charge in [0.1, 0.15) is 0 Å². The normalized spacial score (nSPS) is 12.1. The summed E-state index contributed by atoms with van der Waals surface area (Å²) in [6.45, 7) is 4.53. The minimum Gasteiger partial charge on any atom is -0.479 e. The molecule has 0 bridgehead atoms. The minimum absolute atomic E-state index is 0.341. The molecule has 0 fully saturated rings. The second kappa shape index (κ2) is 32.5. The first-order valence-electron chi connectivity index (χ1n) is 18.0. The molecule has 0 aliphatic carbocycles. The van der Waals surface area contributed by atoms with E-state index in [0.717, 1.165) is 38.5 Å². The van der Waals surface area contributed by atoms with E-state index in [4.69, 9.17) is 4.74 Å². The summed E-state index contributed by atoms with van der Waals surface area (Å²) in [5, 5.41) is 9.45. The molecule has 0 rings (SSSR count). The molecule has 0 aromatic rings. The Morgan fingerprint density at radius 1 is 0.450 bits per heavy atom. The predicted octanol–water partition coefficient (Wildman–Crippen LogP) is 12.1. The van der Waals surface area contributed by atoms with Crippen LogP contribution in [-0.2, 0) is 14.3 Å². The van der Waals surface area contributed by atoms with Crippen LogP contribution < -0.4 is 0 Å². The van der Waals surface area contributed by atoms with Crippen molar-refractivity contribution in [3.8, 4) is 0 Å². The molecule has 1 N–H and O–H groups in total. The molecule has 0 heterocycles.